The lowest BCUT2D eigenvalue weighted by atomic mass is 10.1. The molecule has 0 saturated carbocycles. The molecule has 0 aliphatic carbocycles. The van der Waals surface area contributed by atoms with Crippen LogP contribution in [-0.2, 0) is 4.79 Å². The van der Waals surface area contributed by atoms with Crippen molar-refractivity contribution in [1.29, 1.82) is 0 Å². The first kappa shape index (κ1) is 20.1. The van der Waals surface area contributed by atoms with Gasteiger partial charge in [-0.1, -0.05) is 36.4 Å². The molecule has 0 aliphatic rings. The number of esters is 1. The van der Waals surface area contributed by atoms with E-state index in [-0.39, 0.29) is 0 Å². The number of carboxylic acids is 1. The molecule has 0 fully saturated rings. The van der Waals surface area contributed by atoms with E-state index in [1.807, 2.05) is 12.1 Å². The van der Waals surface area contributed by atoms with Crippen LogP contribution in [0.4, 0.5) is 0 Å². The SMILES string of the molecule is NCCCC(N=C/C=C/c1ccccc1OC(=O)c1ccccc1)C(=O)O. The van der Waals surface area contributed by atoms with Crippen LogP contribution in [0.15, 0.2) is 65.7 Å². The van der Waals surface area contributed by atoms with Crippen LogP contribution in [0.25, 0.3) is 6.08 Å². The van der Waals surface area contributed by atoms with E-state index in [0.29, 0.717) is 36.3 Å². The van der Waals surface area contributed by atoms with Crippen molar-refractivity contribution in [3.05, 3.63) is 71.8 Å². The van der Waals surface area contributed by atoms with Crippen LogP contribution >= 0.6 is 0 Å². The molecule has 2 aromatic rings. The first-order valence-electron chi connectivity index (χ1n) is 8.61. The van der Waals surface area contributed by atoms with Gasteiger partial charge in [-0.2, -0.15) is 0 Å². The van der Waals surface area contributed by atoms with Crippen LogP contribution in [0.5, 0.6) is 5.75 Å². The van der Waals surface area contributed by atoms with Gasteiger partial charge in [0.05, 0.1) is 5.56 Å². The lowest BCUT2D eigenvalue weighted by Gasteiger charge is -2.07. The number of benzene rings is 2. The van der Waals surface area contributed by atoms with Crippen molar-refractivity contribution in [2.24, 2.45) is 10.7 Å². The molecular formula is C21H22N2O4. The molecule has 140 valence electrons. The van der Waals surface area contributed by atoms with Gasteiger partial charge in [0.25, 0.3) is 0 Å². The Morgan fingerprint density at radius 3 is 2.52 bits per heavy atom. The van der Waals surface area contributed by atoms with E-state index in [1.165, 1.54) is 6.21 Å². The van der Waals surface area contributed by atoms with Crippen LogP contribution in [0.1, 0.15) is 28.8 Å². The second-order valence-corrected chi connectivity index (χ2v) is 5.74. The van der Waals surface area contributed by atoms with E-state index in [4.69, 9.17) is 15.6 Å². The number of allylic oxidation sites excluding steroid dienone is 1. The Balaban J connectivity index is 2.06. The van der Waals surface area contributed by atoms with Gasteiger partial charge in [0.15, 0.2) is 0 Å². The summed E-state index contributed by atoms with van der Waals surface area (Å²) in [6, 6.07) is 15.0. The molecule has 1 atom stereocenters. The van der Waals surface area contributed by atoms with Crippen molar-refractivity contribution in [2.75, 3.05) is 6.54 Å². The molecule has 1 unspecified atom stereocenters. The number of aliphatic imine (C=N–C) groups is 1. The fourth-order valence-electron chi connectivity index (χ4n) is 2.32. The summed E-state index contributed by atoms with van der Waals surface area (Å²) >= 11 is 0. The van der Waals surface area contributed by atoms with E-state index < -0.39 is 18.0 Å². The standard InChI is InChI=1S/C21H22N2O4/c22-14-6-12-18(20(24)25)23-15-7-11-16-8-4-5-13-19(16)27-21(26)17-9-2-1-3-10-17/h1-5,7-11,13,15,18H,6,12,14,22H2,(H,24,25)/b11-7+,23-15?. The Kier molecular flexibility index (Phi) is 7.93. The molecule has 27 heavy (non-hydrogen) atoms. The quantitative estimate of drug-likeness (QED) is 0.403. The third-order valence-electron chi connectivity index (χ3n) is 3.73. The molecule has 0 amide bonds. The van der Waals surface area contributed by atoms with Crippen molar-refractivity contribution in [2.45, 2.75) is 18.9 Å². The summed E-state index contributed by atoms with van der Waals surface area (Å²) < 4.78 is 5.46. The molecule has 2 rings (SSSR count). The predicted octanol–water partition coefficient (Wildman–Crippen LogP) is 3.18. The molecule has 0 heterocycles. The van der Waals surface area contributed by atoms with Crippen LogP contribution in [0, 0.1) is 0 Å². The highest BCUT2D eigenvalue weighted by Crippen LogP contribution is 2.20. The smallest absolute Gasteiger partial charge is 0.343 e. The summed E-state index contributed by atoms with van der Waals surface area (Å²) in [6.07, 6.45) is 5.75. The van der Waals surface area contributed by atoms with Gasteiger partial charge < -0.3 is 15.6 Å². The lowest BCUT2D eigenvalue weighted by Crippen LogP contribution is -2.19. The molecule has 0 saturated heterocycles. The minimum Gasteiger partial charge on any atom is -0.480 e. The number of nitrogens with zero attached hydrogens (tertiary/aromatic N) is 1. The van der Waals surface area contributed by atoms with Gasteiger partial charge >= 0.3 is 11.9 Å². The summed E-state index contributed by atoms with van der Waals surface area (Å²) in [5, 5.41) is 9.13. The summed E-state index contributed by atoms with van der Waals surface area (Å²) in [5.74, 6) is -1.02. The van der Waals surface area contributed by atoms with E-state index in [9.17, 15) is 9.59 Å². The first-order chi connectivity index (χ1) is 13.1. The summed E-state index contributed by atoms with van der Waals surface area (Å²) in [5.41, 5.74) is 6.55. The van der Waals surface area contributed by atoms with Gasteiger partial charge in [-0.25, -0.2) is 9.59 Å². The Labute approximate surface area is 158 Å². The fraction of sp³-hybridized carbons (Fsp3) is 0.190. The topological polar surface area (TPSA) is 102 Å². The molecular weight excluding hydrogens is 344 g/mol. The number of carbonyl (C=O) groups is 2. The van der Waals surface area contributed by atoms with Crippen LogP contribution < -0.4 is 10.5 Å². The average Bonchev–Trinajstić information content (AvgIpc) is 2.69. The molecule has 3 N–H and O–H groups in total. The van der Waals surface area contributed by atoms with Crippen molar-refractivity contribution in [3.63, 3.8) is 0 Å². The number of hydrogen-bond acceptors (Lipinski definition) is 5. The average molecular weight is 366 g/mol. The second kappa shape index (κ2) is 10.7. The Bertz CT molecular complexity index is 816. The van der Waals surface area contributed by atoms with E-state index in [2.05, 4.69) is 4.99 Å². The van der Waals surface area contributed by atoms with Gasteiger partial charge in [-0.15, -0.1) is 0 Å². The van der Waals surface area contributed by atoms with Gasteiger partial charge in [0, 0.05) is 11.8 Å². The number of rotatable bonds is 9. The molecule has 0 spiro atoms. The van der Waals surface area contributed by atoms with E-state index in [0.717, 1.165) is 0 Å². The van der Waals surface area contributed by atoms with Gasteiger partial charge in [0.2, 0.25) is 0 Å². The summed E-state index contributed by atoms with van der Waals surface area (Å²) in [4.78, 5) is 27.4. The maximum Gasteiger partial charge on any atom is 0.343 e. The Morgan fingerprint density at radius 1 is 1.11 bits per heavy atom. The molecule has 0 aromatic heterocycles. The van der Waals surface area contributed by atoms with Gasteiger partial charge in [-0.05, 0) is 49.7 Å². The zero-order chi connectivity index (χ0) is 19.5. The highest BCUT2D eigenvalue weighted by molar-refractivity contribution is 5.91. The van der Waals surface area contributed by atoms with Gasteiger partial charge in [0.1, 0.15) is 11.8 Å². The minimum absolute atomic E-state index is 0.390. The highest BCUT2D eigenvalue weighted by Gasteiger charge is 2.13. The van der Waals surface area contributed by atoms with Crippen molar-refractivity contribution in [1.82, 2.24) is 0 Å². The Hall–Kier alpha value is -3.25. The van der Waals surface area contributed by atoms with Crippen LogP contribution in [0.2, 0.25) is 0 Å². The van der Waals surface area contributed by atoms with Crippen molar-refractivity contribution in [3.8, 4) is 5.75 Å². The largest absolute Gasteiger partial charge is 0.480 e. The number of hydrogen-bond donors (Lipinski definition) is 2. The number of carboxylic acid groups (broad SMARTS) is 1. The molecule has 6 heteroatoms. The third kappa shape index (κ3) is 6.52. The second-order valence-electron chi connectivity index (χ2n) is 5.74. The normalized spacial score (nSPS) is 12.3. The zero-order valence-corrected chi connectivity index (χ0v) is 14.8. The Morgan fingerprint density at radius 2 is 1.81 bits per heavy atom. The molecule has 0 aliphatic heterocycles. The minimum atomic E-state index is -0.981. The summed E-state index contributed by atoms with van der Waals surface area (Å²) in [6.45, 7) is 0.426. The van der Waals surface area contributed by atoms with Crippen molar-refractivity contribution < 1.29 is 19.4 Å². The maximum atomic E-state index is 12.2. The molecule has 0 bridgehead atoms. The maximum absolute atomic E-state index is 12.2. The zero-order valence-electron chi connectivity index (χ0n) is 14.8. The van der Waals surface area contributed by atoms with Crippen LogP contribution in [0.3, 0.4) is 0 Å². The van der Waals surface area contributed by atoms with E-state index >= 15 is 0 Å². The number of para-hydroxylation sites is 1. The van der Waals surface area contributed by atoms with E-state index in [1.54, 1.807) is 54.6 Å². The molecule has 0 radical (unpaired) electrons. The van der Waals surface area contributed by atoms with Gasteiger partial charge in [-0.3, -0.25) is 4.99 Å². The predicted molar refractivity (Wildman–Crippen MR) is 105 cm³/mol. The number of ether oxygens (including phenoxy) is 1. The van der Waals surface area contributed by atoms with Crippen LogP contribution in [-0.4, -0.2) is 35.8 Å². The number of carbonyl (C=O) groups excluding carboxylic acids is 1. The summed E-state index contributed by atoms with van der Waals surface area (Å²) in [7, 11) is 0. The monoisotopic (exact) mass is 366 g/mol. The number of aliphatic carboxylic acids is 1. The lowest BCUT2D eigenvalue weighted by molar-refractivity contribution is -0.138. The highest BCUT2D eigenvalue weighted by atomic mass is 16.5. The molecule has 2 aromatic carbocycles. The molecule has 6 nitrogen and oxygen atoms in total. The van der Waals surface area contributed by atoms with Crippen molar-refractivity contribution >= 4 is 24.2 Å². The number of nitrogens with two attached hydrogens (primary N) is 1. The first-order valence-corrected chi connectivity index (χ1v) is 8.61. The fourth-order valence-corrected chi connectivity index (χ4v) is 2.32. The third-order valence-corrected chi connectivity index (χ3v) is 3.73.